The van der Waals surface area contributed by atoms with E-state index in [-0.39, 0.29) is 17.9 Å². The highest BCUT2D eigenvalue weighted by Crippen LogP contribution is 2.32. The molecule has 2 aromatic heterocycles. The molecule has 0 bridgehead atoms. The Kier molecular flexibility index (Phi) is 3.22. The molecule has 1 aliphatic rings. The Hall–Kier alpha value is -1.49. The van der Waals surface area contributed by atoms with Crippen LogP contribution in [-0.2, 0) is 24.2 Å². The average molecular weight is 276 g/mol. The summed E-state index contributed by atoms with van der Waals surface area (Å²) in [5, 5.41) is 0.755. The van der Waals surface area contributed by atoms with Crippen molar-refractivity contribution in [3.05, 3.63) is 27.1 Å². The lowest BCUT2D eigenvalue weighted by Crippen LogP contribution is -2.23. The van der Waals surface area contributed by atoms with Gasteiger partial charge in [-0.15, -0.1) is 11.3 Å². The van der Waals surface area contributed by atoms with Crippen LogP contribution < -0.4 is 5.56 Å². The van der Waals surface area contributed by atoms with E-state index in [9.17, 15) is 9.59 Å². The van der Waals surface area contributed by atoms with Gasteiger partial charge >= 0.3 is 0 Å². The van der Waals surface area contributed by atoms with Crippen LogP contribution in [-0.4, -0.2) is 15.3 Å². The van der Waals surface area contributed by atoms with Gasteiger partial charge in [-0.2, -0.15) is 0 Å². The van der Waals surface area contributed by atoms with Crippen LogP contribution in [0.3, 0.4) is 0 Å². The fourth-order valence-corrected chi connectivity index (χ4v) is 3.93. The van der Waals surface area contributed by atoms with E-state index in [1.165, 1.54) is 41.1 Å². The van der Waals surface area contributed by atoms with Crippen molar-refractivity contribution in [1.29, 1.82) is 0 Å². The molecule has 0 atom stereocenters. The number of nitrogens with zero attached hydrogens (tertiary/aromatic N) is 2. The molecule has 2 aromatic rings. The summed E-state index contributed by atoms with van der Waals surface area (Å²) in [6, 6.07) is 0. The molecule has 0 saturated heterocycles. The summed E-state index contributed by atoms with van der Waals surface area (Å²) in [4.78, 5) is 30.2. The molecule has 5 heteroatoms. The van der Waals surface area contributed by atoms with Gasteiger partial charge in [-0.1, -0.05) is 6.42 Å². The molecule has 1 aliphatic carbocycles. The zero-order valence-electron chi connectivity index (χ0n) is 10.9. The van der Waals surface area contributed by atoms with Crippen LogP contribution in [0, 0.1) is 0 Å². The predicted octanol–water partition coefficient (Wildman–Crippen LogP) is 2.32. The van der Waals surface area contributed by atoms with Crippen molar-refractivity contribution >= 4 is 27.3 Å². The van der Waals surface area contributed by atoms with Gasteiger partial charge in [-0.3, -0.25) is 14.2 Å². The standard InChI is InChI=1S/C14H16N2O2S/c1-9(17)7-16-8-15-13-12(14(16)18)10-5-3-2-4-6-11(10)19-13/h8H,2-7H2,1H3. The number of carbonyl (C=O) groups is 1. The summed E-state index contributed by atoms with van der Waals surface area (Å²) in [6.07, 6.45) is 7.09. The minimum Gasteiger partial charge on any atom is -0.298 e. The van der Waals surface area contributed by atoms with Crippen molar-refractivity contribution in [2.45, 2.75) is 45.6 Å². The number of Topliss-reactive ketones (excluding diaryl/α,β-unsaturated/α-hetero) is 1. The highest BCUT2D eigenvalue weighted by Gasteiger charge is 2.19. The molecular weight excluding hydrogens is 260 g/mol. The smallest absolute Gasteiger partial charge is 0.262 e. The van der Waals surface area contributed by atoms with E-state index >= 15 is 0 Å². The van der Waals surface area contributed by atoms with Crippen LogP contribution in [0.15, 0.2) is 11.1 Å². The molecule has 100 valence electrons. The number of aryl methyl sites for hydroxylation is 2. The van der Waals surface area contributed by atoms with E-state index < -0.39 is 0 Å². The summed E-state index contributed by atoms with van der Waals surface area (Å²) < 4.78 is 1.43. The Labute approximate surface area is 115 Å². The number of hydrogen-bond acceptors (Lipinski definition) is 4. The molecule has 0 unspecified atom stereocenters. The molecule has 3 rings (SSSR count). The molecule has 0 amide bonds. The third kappa shape index (κ3) is 2.23. The lowest BCUT2D eigenvalue weighted by molar-refractivity contribution is -0.117. The lowest BCUT2D eigenvalue weighted by Gasteiger charge is -2.03. The minimum atomic E-state index is -0.0559. The van der Waals surface area contributed by atoms with Crippen molar-refractivity contribution in [3.63, 3.8) is 0 Å². The Bertz CT molecular complexity index is 699. The lowest BCUT2D eigenvalue weighted by atomic mass is 10.1. The number of carbonyl (C=O) groups excluding carboxylic acids is 1. The summed E-state index contributed by atoms with van der Waals surface area (Å²) in [5.41, 5.74) is 1.13. The number of hydrogen-bond donors (Lipinski definition) is 0. The Morgan fingerprint density at radius 3 is 2.95 bits per heavy atom. The van der Waals surface area contributed by atoms with Crippen LogP contribution in [0.25, 0.3) is 10.2 Å². The van der Waals surface area contributed by atoms with E-state index in [0.717, 1.165) is 29.5 Å². The Morgan fingerprint density at radius 2 is 2.16 bits per heavy atom. The summed E-state index contributed by atoms with van der Waals surface area (Å²) in [7, 11) is 0. The van der Waals surface area contributed by atoms with Crippen LogP contribution in [0.4, 0.5) is 0 Å². The maximum atomic E-state index is 12.5. The first-order chi connectivity index (χ1) is 9.16. The van der Waals surface area contributed by atoms with Gasteiger partial charge in [0.1, 0.15) is 10.6 Å². The Morgan fingerprint density at radius 1 is 1.37 bits per heavy atom. The third-order valence-electron chi connectivity index (χ3n) is 3.58. The van der Waals surface area contributed by atoms with Gasteiger partial charge in [-0.05, 0) is 38.2 Å². The zero-order chi connectivity index (χ0) is 13.4. The van der Waals surface area contributed by atoms with Crippen LogP contribution in [0.1, 0.15) is 36.6 Å². The van der Waals surface area contributed by atoms with Gasteiger partial charge in [0.05, 0.1) is 18.3 Å². The summed E-state index contributed by atoms with van der Waals surface area (Å²) >= 11 is 1.65. The average Bonchev–Trinajstić information content (AvgIpc) is 2.55. The van der Waals surface area contributed by atoms with Gasteiger partial charge in [-0.25, -0.2) is 4.98 Å². The molecule has 19 heavy (non-hydrogen) atoms. The fraction of sp³-hybridized carbons (Fsp3) is 0.500. The molecular formula is C14H16N2O2S. The molecule has 0 spiro atoms. The second-order valence-electron chi connectivity index (χ2n) is 5.12. The van der Waals surface area contributed by atoms with E-state index in [1.807, 2.05) is 0 Å². The van der Waals surface area contributed by atoms with Crippen molar-refractivity contribution in [2.75, 3.05) is 0 Å². The van der Waals surface area contributed by atoms with Crippen molar-refractivity contribution in [1.82, 2.24) is 9.55 Å². The van der Waals surface area contributed by atoms with E-state index in [2.05, 4.69) is 4.98 Å². The topological polar surface area (TPSA) is 52.0 Å². The third-order valence-corrected chi connectivity index (χ3v) is 4.78. The molecule has 0 radical (unpaired) electrons. The molecule has 0 N–H and O–H groups in total. The van der Waals surface area contributed by atoms with Gasteiger partial charge < -0.3 is 0 Å². The van der Waals surface area contributed by atoms with E-state index in [1.54, 1.807) is 11.3 Å². The maximum Gasteiger partial charge on any atom is 0.262 e. The van der Waals surface area contributed by atoms with E-state index in [4.69, 9.17) is 0 Å². The number of rotatable bonds is 2. The highest BCUT2D eigenvalue weighted by atomic mass is 32.1. The van der Waals surface area contributed by atoms with Crippen molar-refractivity contribution < 1.29 is 4.79 Å². The second kappa shape index (κ2) is 4.89. The molecule has 2 heterocycles. The molecule has 0 fully saturated rings. The summed E-state index contributed by atoms with van der Waals surface area (Å²) in [5.74, 6) is -0.0235. The first-order valence-corrected chi connectivity index (χ1v) is 7.47. The number of thiophene rings is 1. The van der Waals surface area contributed by atoms with Crippen molar-refractivity contribution in [2.24, 2.45) is 0 Å². The van der Waals surface area contributed by atoms with Crippen LogP contribution in [0.5, 0.6) is 0 Å². The van der Waals surface area contributed by atoms with Gasteiger partial charge in [0.2, 0.25) is 0 Å². The quantitative estimate of drug-likeness (QED) is 0.791. The minimum absolute atomic E-state index is 0.0235. The predicted molar refractivity (Wildman–Crippen MR) is 75.8 cm³/mol. The highest BCUT2D eigenvalue weighted by molar-refractivity contribution is 7.18. The number of fused-ring (bicyclic) bond motifs is 3. The SMILES string of the molecule is CC(=O)Cn1cnc2sc3c(c2c1=O)CCCCC3. The van der Waals surface area contributed by atoms with Crippen LogP contribution >= 0.6 is 11.3 Å². The molecule has 0 saturated carbocycles. The molecule has 0 aromatic carbocycles. The maximum absolute atomic E-state index is 12.5. The first-order valence-electron chi connectivity index (χ1n) is 6.66. The van der Waals surface area contributed by atoms with Crippen molar-refractivity contribution in [3.8, 4) is 0 Å². The number of aromatic nitrogens is 2. The largest absolute Gasteiger partial charge is 0.298 e. The first kappa shape index (κ1) is 12.5. The molecule has 0 aliphatic heterocycles. The number of ketones is 1. The molecule has 4 nitrogen and oxygen atoms in total. The Balaban J connectivity index is 2.21. The van der Waals surface area contributed by atoms with Gasteiger partial charge in [0, 0.05) is 4.88 Å². The van der Waals surface area contributed by atoms with Crippen LogP contribution in [0.2, 0.25) is 0 Å². The van der Waals surface area contributed by atoms with Gasteiger partial charge in [0.25, 0.3) is 5.56 Å². The van der Waals surface area contributed by atoms with Gasteiger partial charge in [0.15, 0.2) is 0 Å². The zero-order valence-corrected chi connectivity index (χ0v) is 11.8. The summed E-state index contributed by atoms with van der Waals surface area (Å²) in [6.45, 7) is 1.61. The second-order valence-corrected chi connectivity index (χ2v) is 6.21. The fourth-order valence-electron chi connectivity index (χ4n) is 2.71. The normalized spacial score (nSPS) is 15.2. The monoisotopic (exact) mass is 276 g/mol. The van der Waals surface area contributed by atoms with E-state index in [0.29, 0.717) is 0 Å².